The van der Waals surface area contributed by atoms with Crippen molar-refractivity contribution in [1.29, 1.82) is 0 Å². The van der Waals surface area contributed by atoms with E-state index in [4.69, 9.17) is 9.05 Å². The normalized spacial score (nSPS) is 10.8. The zero-order chi connectivity index (χ0) is 13.3. The molecular weight excluding hydrogens is 255 g/mol. The molecule has 0 aliphatic rings. The van der Waals surface area contributed by atoms with Crippen LogP contribution in [0.4, 0.5) is 0 Å². The van der Waals surface area contributed by atoms with E-state index in [-0.39, 0.29) is 0 Å². The predicted octanol–water partition coefficient (Wildman–Crippen LogP) is 4.75. The van der Waals surface area contributed by atoms with Crippen LogP contribution in [0, 0.1) is 0 Å². The van der Waals surface area contributed by atoms with Crippen LogP contribution in [0.3, 0.4) is 0 Å². The second kappa shape index (κ2) is 8.06. The molecule has 100 valence electrons. The quantitative estimate of drug-likeness (QED) is 0.678. The molecule has 0 atom stereocenters. The lowest BCUT2D eigenvalue weighted by molar-refractivity contribution is 0.236. The SMILES string of the molecule is CCP(OCc1ccccc1)OCc1ccccc1. The van der Waals surface area contributed by atoms with Gasteiger partial charge in [0.15, 0.2) is 8.38 Å². The molecular formula is C16H19O2P. The summed E-state index contributed by atoms with van der Waals surface area (Å²) in [6, 6.07) is 20.4. The van der Waals surface area contributed by atoms with E-state index in [0.717, 1.165) is 6.16 Å². The maximum atomic E-state index is 5.84. The van der Waals surface area contributed by atoms with Gasteiger partial charge in [-0.05, 0) is 11.1 Å². The van der Waals surface area contributed by atoms with Crippen LogP contribution in [0.1, 0.15) is 18.1 Å². The Kier molecular flexibility index (Phi) is 6.03. The van der Waals surface area contributed by atoms with Crippen LogP contribution in [0.25, 0.3) is 0 Å². The molecule has 0 aliphatic carbocycles. The van der Waals surface area contributed by atoms with Crippen molar-refractivity contribution in [2.75, 3.05) is 6.16 Å². The van der Waals surface area contributed by atoms with Crippen molar-refractivity contribution in [3.05, 3.63) is 71.8 Å². The molecule has 2 aromatic carbocycles. The summed E-state index contributed by atoms with van der Waals surface area (Å²) in [7, 11) is -0.806. The highest BCUT2D eigenvalue weighted by Crippen LogP contribution is 2.39. The van der Waals surface area contributed by atoms with E-state index in [2.05, 4.69) is 31.2 Å². The maximum Gasteiger partial charge on any atom is 0.170 e. The Morgan fingerprint density at radius 3 is 1.53 bits per heavy atom. The molecule has 0 saturated heterocycles. The van der Waals surface area contributed by atoms with Crippen molar-refractivity contribution < 1.29 is 9.05 Å². The summed E-state index contributed by atoms with van der Waals surface area (Å²) in [6.45, 7) is 3.34. The fraction of sp³-hybridized carbons (Fsp3) is 0.250. The van der Waals surface area contributed by atoms with Crippen molar-refractivity contribution >= 4 is 8.38 Å². The number of rotatable bonds is 7. The monoisotopic (exact) mass is 274 g/mol. The van der Waals surface area contributed by atoms with Gasteiger partial charge in [-0.1, -0.05) is 67.6 Å². The highest BCUT2D eigenvalue weighted by molar-refractivity contribution is 7.47. The van der Waals surface area contributed by atoms with E-state index in [9.17, 15) is 0 Å². The molecule has 0 amide bonds. The first-order valence-electron chi connectivity index (χ1n) is 6.49. The van der Waals surface area contributed by atoms with E-state index in [1.807, 2.05) is 36.4 Å². The van der Waals surface area contributed by atoms with Gasteiger partial charge in [-0.15, -0.1) is 0 Å². The van der Waals surface area contributed by atoms with Crippen molar-refractivity contribution in [3.63, 3.8) is 0 Å². The minimum Gasteiger partial charge on any atom is -0.329 e. The summed E-state index contributed by atoms with van der Waals surface area (Å²) < 4.78 is 11.7. The van der Waals surface area contributed by atoms with Crippen molar-refractivity contribution in [2.24, 2.45) is 0 Å². The Morgan fingerprint density at radius 1 is 0.737 bits per heavy atom. The first-order valence-corrected chi connectivity index (χ1v) is 7.86. The molecule has 0 unspecified atom stereocenters. The molecule has 2 nitrogen and oxygen atoms in total. The third-order valence-corrected chi connectivity index (χ3v) is 4.04. The third kappa shape index (κ3) is 5.12. The second-order valence-electron chi connectivity index (χ2n) is 4.17. The summed E-state index contributed by atoms with van der Waals surface area (Å²) in [4.78, 5) is 0. The predicted molar refractivity (Wildman–Crippen MR) is 79.9 cm³/mol. The summed E-state index contributed by atoms with van der Waals surface area (Å²) >= 11 is 0. The molecule has 2 rings (SSSR count). The first-order chi connectivity index (χ1) is 9.38. The Hall–Kier alpha value is -1.21. The highest BCUT2D eigenvalue weighted by Gasteiger charge is 2.08. The van der Waals surface area contributed by atoms with Gasteiger partial charge in [0, 0.05) is 6.16 Å². The molecule has 0 heterocycles. The standard InChI is InChI=1S/C16H19O2P/c1-2-19(17-13-15-9-5-3-6-10-15)18-14-16-11-7-4-8-12-16/h3-12H,2,13-14H2,1H3. The van der Waals surface area contributed by atoms with Crippen LogP contribution >= 0.6 is 8.38 Å². The van der Waals surface area contributed by atoms with Gasteiger partial charge in [0.1, 0.15) is 0 Å². The topological polar surface area (TPSA) is 18.5 Å². The molecule has 0 bridgehead atoms. The average molecular weight is 274 g/mol. The lowest BCUT2D eigenvalue weighted by Crippen LogP contribution is -1.95. The molecule has 3 heteroatoms. The van der Waals surface area contributed by atoms with Crippen LogP contribution < -0.4 is 0 Å². The minimum absolute atomic E-state index is 0.620. The van der Waals surface area contributed by atoms with Crippen LogP contribution in [0.15, 0.2) is 60.7 Å². The lowest BCUT2D eigenvalue weighted by Gasteiger charge is -2.16. The van der Waals surface area contributed by atoms with E-state index in [1.54, 1.807) is 0 Å². The molecule has 0 fully saturated rings. The summed E-state index contributed by atoms with van der Waals surface area (Å²) in [5.74, 6) is 0. The van der Waals surface area contributed by atoms with E-state index < -0.39 is 8.38 Å². The Morgan fingerprint density at radius 2 is 1.16 bits per heavy atom. The van der Waals surface area contributed by atoms with Gasteiger partial charge in [-0.3, -0.25) is 0 Å². The molecule has 0 N–H and O–H groups in total. The smallest absolute Gasteiger partial charge is 0.170 e. The maximum absolute atomic E-state index is 5.84. The molecule has 0 radical (unpaired) electrons. The molecule has 19 heavy (non-hydrogen) atoms. The number of hydrogen-bond acceptors (Lipinski definition) is 2. The first kappa shape index (κ1) is 14.2. The molecule has 0 aliphatic heterocycles. The van der Waals surface area contributed by atoms with E-state index in [1.165, 1.54) is 11.1 Å². The summed E-state index contributed by atoms with van der Waals surface area (Å²) in [5.41, 5.74) is 2.37. The zero-order valence-electron chi connectivity index (χ0n) is 11.2. The lowest BCUT2D eigenvalue weighted by atomic mass is 10.2. The van der Waals surface area contributed by atoms with Gasteiger partial charge in [-0.25, -0.2) is 0 Å². The van der Waals surface area contributed by atoms with Gasteiger partial charge in [-0.2, -0.15) is 0 Å². The third-order valence-electron chi connectivity index (χ3n) is 2.69. The molecule has 2 aromatic rings. The van der Waals surface area contributed by atoms with E-state index in [0.29, 0.717) is 13.2 Å². The van der Waals surface area contributed by atoms with Crippen LogP contribution in [0.5, 0.6) is 0 Å². The Bertz CT molecular complexity index is 415. The summed E-state index contributed by atoms with van der Waals surface area (Å²) in [6.07, 6.45) is 0.912. The minimum atomic E-state index is -0.806. The molecule has 0 aromatic heterocycles. The van der Waals surface area contributed by atoms with Gasteiger partial charge < -0.3 is 9.05 Å². The highest BCUT2D eigenvalue weighted by atomic mass is 31.2. The number of hydrogen-bond donors (Lipinski definition) is 0. The van der Waals surface area contributed by atoms with Gasteiger partial charge >= 0.3 is 0 Å². The van der Waals surface area contributed by atoms with E-state index >= 15 is 0 Å². The second-order valence-corrected chi connectivity index (χ2v) is 5.98. The molecule has 0 spiro atoms. The molecule has 0 saturated carbocycles. The van der Waals surface area contributed by atoms with Crippen LogP contribution in [-0.4, -0.2) is 6.16 Å². The average Bonchev–Trinajstić information content (AvgIpc) is 2.49. The fourth-order valence-electron chi connectivity index (χ4n) is 1.66. The zero-order valence-corrected chi connectivity index (χ0v) is 12.1. The number of benzene rings is 2. The Balaban J connectivity index is 1.77. The van der Waals surface area contributed by atoms with Crippen LogP contribution in [-0.2, 0) is 22.3 Å². The van der Waals surface area contributed by atoms with Gasteiger partial charge in [0.05, 0.1) is 13.2 Å². The summed E-state index contributed by atoms with van der Waals surface area (Å²) in [5, 5.41) is 0. The largest absolute Gasteiger partial charge is 0.329 e. The van der Waals surface area contributed by atoms with Crippen LogP contribution in [0.2, 0.25) is 0 Å². The van der Waals surface area contributed by atoms with Crippen molar-refractivity contribution in [1.82, 2.24) is 0 Å². The van der Waals surface area contributed by atoms with Crippen molar-refractivity contribution in [2.45, 2.75) is 20.1 Å². The Labute approximate surface area is 116 Å². The van der Waals surface area contributed by atoms with Gasteiger partial charge in [0.2, 0.25) is 0 Å². The van der Waals surface area contributed by atoms with Gasteiger partial charge in [0.25, 0.3) is 0 Å². The fourth-order valence-corrected chi connectivity index (χ4v) is 2.69. The van der Waals surface area contributed by atoms with Crippen molar-refractivity contribution in [3.8, 4) is 0 Å².